The Balaban J connectivity index is 1.34. The molecule has 2 aromatic carbocycles. The van der Waals surface area contributed by atoms with Gasteiger partial charge in [-0.2, -0.15) is 0 Å². The van der Waals surface area contributed by atoms with Crippen molar-refractivity contribution in [2.45, 2.75) is 45.5 Å². The van der Waals surface area contributed by atoms with E-state index in [1.54, 1.807) is 13.3 Å². The Bertz CT molecular complexity index is 1120. The van der Waals surface area contributed by atoms with E-state index in [4.69, 9.17) is 9.84 Å². The molecule has 1 atom stereocenters. The van der Waals surface area contributed by atoms with E-state index in [-0.39, 0.29) is 12.3 Å². The molecule has 0 amide bonds. The van der Waals surface area contributed by atoms with Crippen LogP contribution in [-0.4, -0.2) is 25.9 Å². The van der Waals surface area contributed by atoms with Crippen LogP contribution in [0.25, 0.3) is 0 Å². The van der Waals surface area contributed by atoms with E-state index >= 15 is 0 Å². The van der Waals surface area contributed by atoms with E-state index in [1.165, 1.54) is 11.1 Å². The molecule has 1 aliphatic heterocycles. The van der Waals surface area contributed by atoms with Gasteiger partial charge in [0.25, 0.3) is 0 Å². The van der Waals surface area contributed by atoms with Crippen molar-refractivity contribution < 1.29 is 14.6 Å². The maximum absolute atomic E-state index is 11.1. The fraction of sp³-hybridized carbons (Fsp3) is 0.269. The van der Waals surface area contributed by atoms with Crippen molar-refractivity contribution in [1.82, 2.24) is 14.9 Å². The number of benzene rings is 2. The minimum absolute atomic E-state index is 0.0114. The van der Waals surface area contributed by atoms with E-state index in [1.807, 2.05) is 30.5 Å². The Morgan fingerprint density at radius 2 is 2.00 bits per heavy atom. The second kappa shape index (κ2) is 10.1. The minimum atomic E-state index is -0.858. The third-order valence-corrected chi connectivity index (χ3v) is 5.43. The molecule has 0 aliphatic carbocycles. The van der Waals surface area contributed by atoms with Gasteiger partial charge in [-0.25, -0.2) is 9.97 Å². The quantitative estimate of drug-likeness (QED) is 0.544. The predicted molar refractivity (Wildman–Crippen MR) is 121 cm³/mol. The van der Waals surface area contributed by atoms with Crippen molar-refractivity contribution in [3.05, 3.63) is 89.0 Å². The van der Waals surface area contributed by atoms with Crippen LogP contribution in [-0.2, 0) is 31.0 Å². The molecule has 0 bridgehead atoms. The topological polar surface area (TPSA) is 75.6 Å². The molecule has 0 unspecified atom stereocenters. The Kier molecular flexibility index (Phi) is 6.78. The van der Waals surface area contributed by atoms with Crippen molar-refractivity contribution in [1.29, 1.82) is 0 Å². The molecule has 6 heteroatoms. The summed E-state index contributed by atoms with van der Waals surface area (Å²) in [4.78, 5) is 21.9. The molecule has 162 valence electrons. The van der Waals surface area contributed by atoms with Crippen LogP contribution in [0.5, 0.6) is 5.75 Å². The molecule has 0 radical (unpaired) electrons. The van der Waals surface area contributed by atoms with Crippen molar-refractivity contribution in [2.75, 3.05) is 0 Å². The number of carboxylic acids is 1. The average Bonchev–Trinajstić information content (AvgIpc) is 3.20. The van der Waals surface area contributed by atoms with Crippen molar-refractivity contribution in [3.8, 4) is 17.6 Å². The number of hydrogen-bond acceptors (Lipinski definition) is 5. The first-order valence-corrected chi connectivity index (χ1v) is 10.6. The Hall–Kier alpha value is -3.69. The normalized spacial score (nSPS) is 13.7. The number of nitrogens with zero attached hydrogens (tertiary/aromatic N) is 3. The Morgan fingerprint density at radius 1 is 1.19 bits per heavy atom. The van der Waals surface area contributed by atoms with Crippen LogP contribution in [0, 0.1) is 11.8 Å². The van der Waals surface area contributed by atoms with Crippen LogP contribution in [0.4, 0.5) is 0 Å². The highest BCUT2D eigenvalue weighted by atomic mass is 16.5. The molecular weight excluding hydrogens is 402 g/mol. The van der Waals surface area contributed by atoms with Gasteiger partial charge in [-0.1, -0.05) is 42.3 Å². The minimum Gasteiger partial charge on any atom is -0.489 e. The van der Waals surface area contributed by atoms with Crippen LogP contribution in [0.2, 0.25) is 0 Å². The van der Waals surface area contributed by atoms with Crippen LogP contribution in [0.1, 0.15) is 47.2 Å². The lowest BCUT2D eigenvalue weighted by molar-refractivity contribution is -0.137. The van der Waals surface area contributed by atoms with Gasteiger partial charge in [-0.15, -0.1) is 5.92 Å². The number of aliphatic carboxylic acids is 1. The summed E-state index contributed by atoms with van der Waals surface area (Å²) in [5, 5.41) is 9.09. The van der Waals surface area contributed by atoms with Crippen LogP contribution in [0.3, 0.4) is 0 Å². The summed E-state index contributed by atoms with van der Waals surface area (Å²) in [5.74, 6) is 5.35. The van der Waals surface area contributed by atoms with Crippen molar-refractivity contribution in [3.63, 3.8) is 0 Å². The molecule has 1 N–H and O–H groups in total. The molecule has 1 aliphatic rings. The van der Waals surface area contributed by atoms with Crippen molar-refractivity contribution >= 4 is 5.97 Å². The summed E-state index contributed by atoms with van der Waals surface area (Å²) in [6, 6.07) is 15.9. The molecule has 2 heterocycles. The summed E-state index contributed by atoms with van der Waals surface area (Å²) >= 11 is 0. The first kappa shape index (κ1) is 21.5. The zero-order valence-electron chi connectivity index (χ0n) is 18.0. The van der Waals surface area contributed by atoms with E-state index < -0.39 is 5.97 Å². The van der Waals surface area contributed by atoms with Gasteiger partial charge in [0.15, 0.2) is 0 Å². The Morgan fingerprint density at radius 3 is 2.75 bits per heavy atom. The lowest BCUT2D eigenvalue weighted by atomic mass is 9.96. The molecule has 3 aromatic rings. The van der Waals surface area contributed by atoms with Gasteiger partial charge in [0, 0.05) is 31.4 Å². The average molecular weight is 428 g/mol. The molecule has 6 nitrogen and oxygen atoms in total. The van der Waals surface area contributed by atoms with Crippen molar-refractivity contribution in [2.24, 2.45) is 0 Å². The SMILES string of the molecule is CC#C[C@@H](CC(=O)O)c1ccc(OCc2cccc(CN3Cc4cncnc4C3)c2)cc1. The van der Waals surface area contributed by atoms with E-state index in [9.17, 15) is 4.79 Å². The second-order valence-electron chi connectivity index (χ2n) is 7.86. The molecule has 0 spiro atoms. The van der Waals surface area contributed by atoms with Crippen LogP contribution < -0.4 is 4.74 Å². The molecular formula is C26H25N3O3. The number of aromatic nitrogens is 2. The number of rotatable bonds is 8. The molecule has 0 fully saturated rings. The molecule has 4 rings (SSSR count). The summed E-state index contributed by atoms with van der Waals surface area (Å²) in [7, 11) is 0. The zero-order chi connectivity index (χ0) is 22.3. The summed E-state index contributed by atoms with van der Waals surface area (Å²) < 4.78 is 5.96. The van der Waals surface area contributed by atoms with Gasteiger partial charge in [-0.3, -0.25) is 9.69 Å². The smallest absolute Gasteiger partial charge is 0.304 e. The maximum Gasteiger partial charge on any atom is 0.304 e. The third kappa shape index (κ3) is 5.51. The lowest BCUT2D eigenvalue weighted by Gasteiger charge is -2.15. The first-order valence-electron chi connectivity index (χ1n) is 10.6. The highest BCUT2D eigenvalue weighted by molar-refractivity contribution is 5.69. The highest BCUT2D eigenvalue weighted by Gasteiger charge is 2.20. The fourth-order valence-electron chi connectivity index (χ4n) is 3.92. The van der Waals surface area contributed by atoms with Gasteiger partial charge in [-0.05, 0) is 35.7 Å². The van der Waals surface area contributed by atoms with Gasteiger partial charge < -0.3 is 9.84 Å². The standard InChI is InChI=1S/C26H25N3O3/c1-2-4-22(12-26(30)31)21-7-9-24(10-8-21)32-17-20-6-3-5-19(11-20)14-29-15-23-13-27-18-28-25(23)16-29/h3,5-11,13,18,22H,12,14-17H2,1H3,(H,30,31)/t22-/m0/s1. The largest absolute Gasteiger partial charge is 0.489 e. The highest BCUT2D eigenvalue weighted by Crippen LogP contribution is 2.24. The summed E-state index contributed by atoms with van der Waals surface area (Å²) in [5.41, 5.74) is 5.53. The molecule has 0 saturated heterocycles. The molecule has 0 saturated carbocycles. The second-order valence-corrected chi connectivity index (χ2v) is 7.86. The predicted octanol–water partition coefficient (Wildman–Crippen LogP) is 4.15. The Labute approximate surface area is 187 Å². The summed E-state index contributed by atoms with van der Waals surface area (Å²) in [6.45, 7) is 4.75. The molecule has 32 heavy (non-hydrogen) atoms. The van der Waals surface area contributed by atoms with E-state index in [0.717, 1.165) is 42.2 Å². The van der Waals surface area contributed by atoms with Gasteiger partial charge in [0.1, 0.15) is 18.7 Å². The molecule has 1 aromatic heterocycles. The van der Waals surface area contributed by atoms with Gasteiger partial charge in [0.2, 0.25) is 0 Å². The number of carbonyl (C=O) groups is 1. The summed E-state index contributed by atoms with van der Waals surface area (Å²) in [6.07, 6.45) is 3.50. The maximum atomic E-state index is 11.1. The van der Waals surface area contributed by atoms with Crippen LogP contribution in [0.15, 0.2) is 61.1 Å². The monoisotopic (exact) mass is 427 g/mol. The van der Waals surface area contributed by atoms with Gasteiger partial charge in [0.05, 0.1) is 18.0 Å². The third-order valence-electron chi connectivity index (χ3n) is 5.43. The fourth-order valence-corrected chi connectivity index (χ4v) is 3.92. The van der Waals surface area contributed by atoms with Crippen LogP contribution >= 0.6 is 0 Å². The van der Waals surface area contributed by atoms with Gasteiger partial charge >= 0.3 is 5.97 Å². The number of fused-ring (bicyclic) bond motifs is 1. The first-order chi connectivity index (χ1) is 15.6. The lowest BCUT2D eigenvalue weighted by Crippen LogP contribution is -2.15. The number of carboxylic acid groups (broad SMARTS) is 1. The number of ether oxygens (including phenoxy) is 1. The van der Waals surface area contributed by atoms with E-state index in [0.29, 0.717) is 6.61 Å². The zero-order valence-corrected chi connectivity index (χ0v) is 18.0. The number of hydrogen-bond donors (Lipinski definition) is 1. The van der Waals surface area contributed by atoms with E-state index in [2.05, 4.69) is 51.0 Å².